The van der Waals surface area contributed by atoms with Crippen molar-refractivity contribution in [1.82, 2.24) is 4.98 Å². The maximum Gasteiger partial charge on any atom is 0.250 e. The lowest BCUT2D eigenvalue weighted by Crippen LogP contribution is -2.07. The molecule has 4 aromatic rings. The van der Waals surface area contributed by atoms with Crippen LogP contribution in [0.2, 0.25) is 0 Å². The first-order valence-corrected chi connectivity index (χ1v) is 12.4. The minimum atomic E-state index is -0.259. The summed E-state index contributed by atoms with van der Waals surface area (Å²) in [6.07, 6.45) is 3.21. The van der Waals surface area contributed by atoms with Crippen molar-refractivity contribution >= 4 is 28.5 Å². The van der Waals surface area contributed by atoms with Crippen LogP contribution in [-0.2, 0) is 11.4 Å². The molecule has 7 heteroatoms. The number of benzene rings is 3. The summed E-state index contributed by atoms with van der Waals surface area (Å²) in [5, 5.41) is 3.40. The molecule has 0 saturated carbocycles. The van der Waals surface area contributed by atoms with Gasteiger partial charge in [-0.15, -0.1) is 11.3 Å². The smallest absolute Gasteiger partial charge is 0.250 e. The third-order valence-corrected chi connectivity index (χ3v) is 6.20. The second kappa shape index (κ2) is 12.0. The van der Waals surface area contributed by atoms with Gasteiger partial charge in [0.1, 0.15) is 12.4 Å². The summed E-state index contributed by atoms with van der Waals surface area (Å²) in [6, 6.07) is 23.3. The van der Waals surface area contributed by atoms with Gasteiger partial charge in [0.25, 0.3) is 0 Å². The fraction of sp³-hybridized carbons (Fsp3) is 0.172. The van der Waals surface area contributed by atoms with Gasteiger partial charge in [-0.3, -0.25) is 10.1 Å². The van der Waals surface area contributed by atoms with E-state index in [1.807, 2.05) is 86.6 Å². The van der Waals surface area contributed by atoms with E-state index in [-0.39, 0.29) is 5.91 Å². The molecule has 6 nitrogen and oxygen atoms in total. The van der Waals surface area contributed by atoms with Gasteiger partial charge < -0.3 is 14.2 Å². The molecule has 3 aromatic carbocycles. The number of methoxy groups -OCH3 is 1. The van der Waals surface area contributed by atoms with Crippen molar-refractivity contribution in [3.05, 3.63) is 94.9 Å². The van der Waals surface area contributed by atoms with Gasteiger partial charge in [0.15, 0.2) is 16.6 Å². The summed E-state index contributed by atoms with van der Waals surface area (Å²) in [5.74, 6) is 1.80. The van der Waals surface area contributed by atoms with Crippen molar-refractivity contribution in [2.75, 3.05) is 19.0 Å². The first-order chi connectivity index (χ1) is 17.6. The van der Waals surface area contributed by atoms with Crippen LogP contribution in [0.1, 0.15) is 22.9 Å². The third kappa shape index (κ3) is 6.52. The maximum atomic E-state index is 12.5. The molecule has 0 spiro atoms. The number of nitrogens with one attached hydrogen (secondary N) is 1. The zero-order chi connectivity index (χ0) is 25.3. The lowest BCUT2D eigenvalue weighted by Gasteiger charge is -2.11. The summed E-state index contributed by atoms with van der Waals surface area (Å²) in [4.78, 5) is 18.2. The number of aryl methyl sites for hydroxylation is 1. The van der Waals surface area contributed by atoms with Crippen LogP contribution >= 0.6 is 11.3 Å². The molecule has 0 atom stereocenters. The Balaban J connectivity index is 1.38. The molecule has 1 heterocycles. The fourth-order valence-corrected chi connectivity index (χ4v) is 4.39. The van der Waals surface area contributed by atoms with E-state index in [4.69, 9.17) is 14.2 Å². The van der Waals surface area contributed by atoms with E-state index < -0.39 is 0 Å². The number of carbonyl (C=O) groups is 1. The molecule has 0 bridgehead atoms. The molecule has 0 aliphatic heterocycles. The molecule has 1 N–H and O–H groups in total. The van der Waals surface area contributed by atoms with Crippen molar-refractivity contribution in [1.29, 1.82) is 0 Å². The van der Waals surface area contributed by atoms with Crippen molar-refractivity contribution in [2.24, 2.45) is 0 Å². The number of hydrogen-bond donors (Lipinski definition) is 1. The van der Waals surface area contributed by atoms with Crippen LogP contribution in [0.15, 0.2) is 78.9 Å². The van der Waals surface area contributed by atoms with E-state index in [0.29, 0.717) is 29.8 Å². The topological polar surface area (TPSA) is 69.7 Å². The molecule has 0 aliphatic carbocycles. The number of carbonyl (C=O) groups excluding carboxylic acids is 1. The van der Waals surface area contributed by atoms with Gasteiger partial charge in [0.05, 0.1) is 19.4 Å². The molecule has 1 amide bonds. The summed E-state index contributed by atoms with van der Waals surface area (Å²) in [5.41, 5.74) is 3.71. The Morgan fingerprint density at radius 2 is 1.78 bits per heavy atom. The summed E-state index contributed by atoms with van der Waals surface area (Å²) >= 11 is 1.44. The second-order valence-electron chi connectivity index (χ2n) is 7.89. The van der Waals surface area contributed by atoms with E-state index in [9.17, 15) is 4.79 Å². The predicted molar refractivity (Wildman–Crippen MR) is 145 cm³/mol. The molecule has 36 heavy (non-hydrogen) atoms. The first-order valence-electron chi connectivity index (χ1n) is 11.6. The van der Waals surface area contributed by atoms with Crippen molar-refractivity contribution < 1.29 is 19.0 Å². The number of ether oxygens (including phenoxy) is 3. The highest BCUT2D eigenvalue weighted by atomic mass is 32.1. The average molecular weight is 501 g/mol. The molecule has 1 aromatic heterocycles. The van der Waals surface area contributed by atoms with Gasteiger partial charge in [-0.05, 0) is 67.4 Å². The van der Waals surface area contributed by atoms with Crippen LogP contribution in [-0.4, -0.2) is 24.6 Å². The number of hydrogen-bond acceptors (Lipinski definition) is 6. The van der Waals surface area contributed by atoms with Gasteiger partial charge in [0, 0.05) is 16.5 Å². The van der Waals surface area contributed by atoms with Gasteiger partial charge in [-0.1, -0.05) is 36.4 Å². The molecule has 0 radical (unpaired) electrons. The first kappa shape index (κ1) is 25.0. The SMILES string of the molecule is CCOc1ccc(-c2nc(NC(=O)/C=C/c3ccc(OCc4ccccc4)c(OC)c3)sc2C)cc1. The third-order valence-electron chi connectivity index (χ3n) is 5.32. The Morgan fingerprint density at radius 3 is 2.50 bits per heavy atom. The van der Waals surface area contributed by atoms with Crippen LogP contribution in [0.4, 0.5) is 5.13 Å². The highest BCUT2D eigenvalue weighted by Gasteiger charge is 2.12. The number of thiazole rings is 1. The highest BCUT2D eigenvalue weighted by molar-refractivity contribution is 7.16. The number of anilines is 1. The Hall–Kier alpha value is -4.10. The van der Waals surface area contributed by atoms with Crippen LogP contribution in [0.3, 0.4) is 0 Å². The molecule has 0 unspecified atom stereocenters. The minimum absolute atomic E-state index is 0.259. The van der Waals surface area contributed by atoms with Gasteiger partial charge in [-0.25, -0.2) is 4.98 Å². The molecule has 184 valence electrons. The number of nitrogens with zero attached hydrogens (tertiary/aromatic N) is 1. The average Bonchev–Trinajstić information content (AvgIpc) is 3.27. The van der Waals surface area contributed by atoms with E-state index in [1.54, 1.807) is 13.2 Å². The van der Waals surface area contributed by atoms with Gasteiger partial charge >= 0.3 is 0 Å². The van der Waals surface area contributed by atoms with Crippen LogP contribution in [0.25, 0.3) is 17.3 Å². The minimum Gasteiger partial charge on any atom is -0.494 e. The largest absolute Gasteiger partial charge is 0.494 e. The van der Waals surface area contributed by atoms with Crippen LogP contribution in [0.5, 0.6) is 17.2 Å². The normalized spacial score (nSPS) is 10.9. The molecular weight excluding hydrogens is 472 g/mol. The van der Waals surface area contributed by atoms with Gasteiger partial charge in [0.2, 0.25) is 5.91 Å². The van der Waals surface area contributed by atoms with Crippen LogP contribution < -0.4 is 19.5 Å². The van der Waals surface area contributed by atoms with E-state index in [1.165, 1.54) is 17.4 Å². The Morgan fingerprint density at radius 1 is 1.00 bits per heavy atom. The zero-order valence-corrected chi connectivity index (χ0v) is 21.3. The van der Waals surface area contributed by atoms with Crippen molar-refractivity contribution in [3.63, 3.8) is 0 Å². The van der Waals surface area contributed by atoms with E-state index in [0.717, 1.165) is 33.0 Å². The predicted octanol–water partition coefficient (Wildman–Crippen LogP) is 6.76. The summed E-state index contributed by atoms with van der Waals surface area (Å²) < 4.78 is 16.9. The fourth-order valence-electron chi connectivity index (χ4n) is 3.55. The summed E-state index contributed by atoms with van der Waals surface area (Å²) in [6.45, 7) is 5.01. The lowest BCUT2D eigenvalue weighted by atomic mass is 10.1. The Bertz CT molecular complexity index is 1330. The summed E-state index contributed by atoms with van der Waals surface area (Å²) in [7, 11) is 1.59. The van der Waals surface area contributed by atoms with E-state index in [2.05, 4.69) is 10.3 Å². The lowest BCUT2D eigenvalue weighted by molar-refractivity contribution is -0.111. The number of amides is 1. The number of aromatic nitrogens is 1. The maximum absolute atomic E-state index is 12.5. The highest BCUT2D eigenvalue weighted by Crippen LogP contribution is 2.32. The zero-order valence-electron chi connectivity index (χ0n) is 20.5. The second-order valence-corrected chi connectivity index (χ2v) is 9.09. The van der Waals surface area contributed by atoms with Crippen molar-refractivity contribution in [2.45, 2.75) is 20.5 Å². The van der Waals surface area contributed by atoms with Gasteiger partial charge in [-0.2, -0.15) is 0 Å². The monoisotopic (exact) mass is 500 g/mol. The molecule has 0 saturated heterocycles. The molecule has 0 fully saturated rings. The standard InChI is InChI=1S/C29H28N2O4S/c1-4-34-24-14-12-23(13-15-24)28-20(2)36-29(31-28)30-27(32)17-11-21-10-16-25(26(18-21)33-3)35-19-22-8-6-5-7-9-22/h5-18H,4,19H2,1-3H3,(H,30,31,32)/b17-11+. The Kier molecular flexibility index (Phi) is 8.36. The molecule has 4 rings (SSSR count). The van der Waals surface area contributed by atoms with Crippen molar-refractivity contribution in [3.8, 4) is 28.5 Å². The number of rotatable bonds is 10. The molecule has 0 aliphatic rings. The quantitative estimate of drug-likeness (QED) is 0.244. The Labute approximate surface area is 215 Å². The van der Waals surface area contributed by atoms with E-state index >= 15 is 0 Å². The van der Waals surface area contributed by atoms with Crippen LogP contribution in [0, 0.1) is 6.92 Å². The molecular formula is C29H28N2O4S.